The maximum Gasteiger partial charge on any atom is 0.230 e. The zero-order valence-electron chi connectivity index (χ0n) is 17.7. The molecule has 0 bridgehead atoms. The van der Waals surface area contributed by atoms with Gasteiger partial charge in [0, 0.05) is 46.8 Å². The lowest BCUT2D eigenvalue weighted by molar-refractivity contribution is -0.138. The number of hydrogen-bond acceptors (Lipinski definition) is 4. The van der Waals surface area contributed by atoms with E-state index in [9.17, 15) is 4.79 Å². The Balaban J connectivity index is 1.89. The van der Waals surface area contributed by atoms with E-state index >= 15 is 0 Å². The smallest absolute Gasteiger partial charge is 0.230 e. The summed E-state index contributed by atoms with van der Waals surface area (Å²) in [6.45, 7) is 11.4. The molecule has 2 aliphatic rings. The number of guanidine groups is 1. The number of aliphatic imine (C=N–C) groups is 1. The van der Waals surface area contributed by atoms with E-state index in [2.05, 4.69) is 29.4 Å². The SMILES string of the molecule is CCNC(=NCC1(C(=O)N(C)C)CCCC1)NCC(C)CN1CCOCC1. The van der Waals surface area contributed by atoms with Crippen molar-refractivity contribution in [1.82, 2.24) is 20.4 Å². The molecule has 1 amide bonds. The van der Waals surface area contributed by atoms with Crippen molar-refractivity contribution >= 4 is 11.9 Å². The van der Waals surface area contributed by atoms with E-state index in [1.165, 1.54) is 0 Å². The number of carbonyl (C=O) groups is 1. The summed E-state index contributed by atoms with van der Waals surface area (Å²) in [4.78, 5) is 21.7. The number of nitrogens with one attached hydrogen (secondary N) is 2. The summed E-state index contributed by atoms with van der Waals surface area (Å²) in [5, 5.41) is 6.81. The second-order valence-corrected chi connectivity index (χ2v) is 8.28. The molecule has 1 saturated carbocycles. The second kappa shape index (κ2) is 10.9. The first kappa shape index (κ1) is 22.0. The average Bonchev–Trinajstić information content (AvgIpc) is 3.14. The van der Waals surface area contributed by atoms with Crippen molar-refractivity contribution < 1.29 is 9.53 Å². The fourth-order valence-corrected chi connectivity index (χ4v) is 4.10. The van der Waals surface area contributed by atoms with E-state index in [4.69, 9.17) is 9.73 Å². The van der Waals surface area contributed by atoms with Crippen LogP contribution in [0.3, 0.4) is 0 Å². The lowest BCUT2D eigenvalue weighted by Gasteiger charge is -2.30. The van der Waals surface area contributed by atoms with Crippen LogP contribution in [-0.2, 0) is 9.53 Å². The predicted octanol–water partition coefficient (Wildman–Crippen LogP) is 1.16. The molecule has 0 radical (unpaired) electrons. The molecule has 7 nitrogen and oxygen atoms in total. The van der Waals surface area contributed by atoms with E-state index in [1.807, 2.05) is 14.1 Å². The van der Waals surface area contributed by atoms with Gasteiger partial charge in [-0.15, -0.1) is 0 Å². The Kier molecular flexibility index (Phi) is 8.83. The highest BCUT2D eigenvalue weighted by Crippen LogP contribution is 2.39. The average molecular weight is 382 g/mol. The molecule has 1 atom stereocenters. The largest absolute Gasteiger partial charge is 0.379 e. The third kappa shape index (κ3) is 6.64. The van der Waals surface area contributed by atoms with Crippen molar-refractivity contribution in [3.05, 3.63) is 0 Å². The van der Waals surface area contributed by atoms with Gasteiger partial charge in [0.15, 0.2) is 5.96 Å². The minimum Gasteiger partial charge on any atom is -0.379 e. The zero-order chi connectivity index (χ0) is 19.7. The molecular formula is C20H39N5O2. The van der Waals surface area contributed by atoms with Crippen LogP contribution >= 0.6 is 0 Å². The van der Waals surface area contributed by atoms with Crippen molar-refractivity contribution in [3.63, 3.8) is 0 Å². The van der Waals surface area contributed by atoms with Crippen LogP contribution in [0.25, 0.3) is 0 Å². The molecule has 1 saturated heterocycles. The van der Waals surface area contributed by atoms with Crippen LogP contribution < -0.4 is 10.6 Å². The lowest BCUT2D eigenvalue weighted by atomic mass is 9.85. The predicted molar refractivity (Wildman–Crippen MR) is 110 cm³/mol. The molecule has 2 N–H and O–H groups in total. The normalized spacial score (nSPS) is 21.7. The standard InChI is InChI=1S/C20H39N5O2/c1-5-21-19(22-14-17(2)15-25-10-12-27-13-11-25)23-16-20(8-6-7-9-20)18(26)24(3)4/h17H,5-16H2,1-4H3,(H2,21,22,23). The molecule has 1 heterocycles. The Bertz CT molecular complexity index is 483. The first-order chi connectivity index (χ1) is 13.0. The van der Waals surface area contributed by atoms with Gasteiger partial charge in [-0.1, -0.05) is 19.8 Å². The van der Waals surface area contributed by atoms with Crippen LogP contribution in [0.4, 0.5) is 0 Å². The fourth-order valence-electron chi connectivity index (χ4n) is 4.10. The second-order valence-electron chi connectivity index (χ2n) is 8.28. The number of ether oxygens (including phenoxy) is 1. The number of hydrogen-bond donors (Lipinski definition) is 2. The third-order valence-corrected chi connectivity index (χ3v) is 5.60. The summed E-state index contributed by atoms with van der Waals surface area (Å²) < 4.78 is 5.42. The summed E-state index contributed by atoms with van der Waals surface area (Å²) in [5.41, 5.74) is -0.314. The van der Waals surface area contributed by atoms with E-state index in [1.54, 1.807) is 4.90 Å². The van der Waals surface area contributed by atoms with Crippen LogP contribution in [0.2, 0.25) is 0 Å². The van der Waals surface area contributed by atoms with E-state index in [0.717, 1.165) is 77.6 Å². The van der Waals surface area contributed by atoms with Crippen molar-refractivity contribution in [2.75, 3.05) is 66.6 Å². The van der Waals surface area contributed by atoms with E-state index in [-0.39, 0.29) is 11.3 Å². The number of amides is 1. The van der Waals surface area contributed by atoms with Gasteiger partial charge in [-0.2, -0.15) is 0 Å². The zero-order valence-corrected chi connectivity index (χ0v) is 17.7. The molecule has 1 aliphatic heterocycles. The summed E-state index contributed by atoms with van der Waals surface area (Å²) in [7, 11) is 3.70. The van der Waals surface area contributed by atoms with Crippen molar-refractivity contribution in [1.29, 1.82) is 0 Å². The Morgan fingerprint density at radius 3 is 2.48 bits per heavy atom. The maximum absolute atomic E-state index is 12.7. The van der Waals surface area contributed by atoms with Gasteiger partial charge in [0.2, 0.25) is 5.91 Å². The van der Waals surface area contributed by atoms with Crippen LogP contribution in [-0.4, -0.2) is 88.2 Å². The van der Waals surface area contributed by atoms with Gasteiger partial charge in [-0.3, -0.25) is 14.7 Å². The van der Waals surface area contributed by atoms with Crippen molar-refractivity contribution in [2.24, 2.45) is 16.3 Å². The van der Waals surface area contributed by atoms with Gasteiger partial charge in [-0.25, -0.2) is 0 Å². The highest BCUT2D eigenvalue weighted by molar-refractivity contribution is 5.84. The summed E-state index contributed by atoms with van der Waals surface area (Å²) >= 11 is 0. The fraction of sp³-hybridized carbons (Fsp3) is 0.900. The number of carbonyl (C=O) groups excluding carboxylic acids is 1. The molecule has 0 aromatic rings. The van der Waals surface area contributed by atoms with Crippen LogP contribution in [0.1, 0.15) is 39.5 Å². The van der Waals surface area contributed by atoms with Gasteiger partial charge >= 0.3 is 0 Å². The van der Waals surface area contributed by atoms with Gasteiger partial charge in [0.25, 0.3) is 0 Å². The van der Waals surface area contributed by atoms with Gasteiger partial charge in [-0.05, 0) is 25.7 Å². The Labute approximate surface area is 164 Å². The molecule has 2 rings (SSSR count). The highest BCUT2D eigenvalue weighted by Gasteiger charge is 2.42. The highest BCUT2D eigenvalue weighted by atomic mass is 16.5. The molecule has 0 aromatic carbocycles. The molecule has 156 valence electrons. The Hall–Kier alpha value is -1.34. The quantitative estimate of drug-likeness (QED) is 0.488. The molecule has 7 heteroatoms. The van der Waals surface area contributed by atoms with E-state index in [0.29, 0.717) is 12.5 Å². The summed E-state index contributed by atoms with van der Waals surface area (Å²) in [6.07, 6.45) is 4.13. The van der Waals surface area contributed by atoms with E-state index < -0.39 is 0 Å². The molecule has 1 aliphatic carbocycles. The van der Waals surface area contributed by atoms with Crippen molar-refractivity contribution in [3.8, 4) is 0 Å². The number of nitrogens with zero attached hydrogens (tertiary/aromatic N) is 3. The topological polar surface area (TPSA) is 69.2 Å². The lowest BCUT2D eigenvalue weighted by Crippen LogP contribution is -2.45. The third-order valence-electron chi connectivity index (χ3n) is 5.60. The Morgan fingerprint density at radius 1 is 1.22 bits per heavy atom. The molecule has 1 unspecified atom stereocenters. The molecule has 0 spiro atoms. The van der Waals surface area contributed by atoms with Crippen LogP contribution in [0.15, 0.2) is 4.99 Å². The Morgan fingerprint density at radius 2 is 1.89 bits per heavy atom. The van der Waals surface area contributed by atoms with Crippen LogP contribution in [0.5, 0.6) is 0 Å². The minimum absolute atomic E-state index is 0.222. The van der Waals surface area contributed by atoms with Crippen molar-refractivity contribution in [2.45, 2.75) is 39.5 Å². The number of morpholine rings is 1. The van der Waals surface area contributed by atoms with Crippen LogP contribution in [0, 0.1) is 11.3 Å². The first-order valence-electron chi connectivity index (χ1n) is 10.5. The molecular weight excluding hydrogens is 342 g/mol. The van der Waals surface area contributed by atoms with Gasteiger partial charge < -0.3 is 20.3 Å². The molecule has 27 heavy (non-hydrogen) atoms. The maximum atomic E-state index is 12.7. The summed E-state index contributed by atoms with van der Waals surface area (Å²) in [5.74, 6) is 1.57. The summed E-state index contributed by atoms with van der Waals surface area (Å²) in [6, 6.07) is 0. The first-order valence-corrected chi connectivity index (χ1v) is 10.5. The number of rotatable bonds is 8. The molecule has 0 aromatic heterocycles. The van der Waals surface area contributed by atoms with Gasteiger partial charge in [0.05, 0.1) is 25.2 Å². The molecule has 2 fully saturated rings. The van der Waals surface area contributed by atoms with Gasteiger partial charge in [0.1, 0.15) is 0 Å². The minimum atomic E-state index is -0.314. The monoisotopic (exact) mass is 381 g/mol.